The Morgan fingerprint density at radius 3 is 2.56 bits per heavy atom. The molecule has 2 heterocycles. The van der Waals surface area contributed by atoms with E-state index in [-0.39, 0.29) is 11.1 Å². The van der Waals surface area contributed by atoms with E-state index in [2.05, 4.69) is 58.3 Å². The minimum Gasteiger partial charge on any atom is -0.321 e. The quantitative estimate of drug-likeness (QED) is 0.454. The standard InChI is InChI=1S/C25H30N6O/c1-5-25(3,4)31-22(27-28-29-31)17-30(15-19-11-7-6-8-12-19)16-21-14-20-13-9-10-18(2)23(20)26-24(21)32/h6-14H,5,15-17H2,1-4H3,(H,26,32). The topological polar surface area (TPSA) is 79.7 Å². The molecule has 2 aromatic carbocycles. The number of nitrogens with zero attached hydrogens (tertiary/aromatic N) is 5. The molecule has 32 heavy (non-hydrogen) atoms. The first-order valence-corrected chi connectivity index (χ1v) is 11.0. The maximum absolute atomic E-state index is 12.9. The van der Waals surface area contributed by atoms with Crippen LogP contribution in [-0.4, -0.2) is 30.1 Å². The molecule has 0 aliphatic heterocycles. The van der Waals surface area contributed by atoms with Gasteiger partial charge in [0.05, 0.1) is 17.6 Å². The number of aryl methyl sites for hydroxylation is 1. The van der Waals surface area contributed by atoms with Gasteiger partial charge in [-0.15, -0.1) is 5.10 Å². The van der Waals surface area contributed by atoms with E-state index in [9.17, 15) is 4.79 Å². The molecule has 1 N–H and O–H groups in total. The third-order valence-electron chi connectivity index (χ3n) is 6.15. The van der Waals surface area contributed by atoms with Crippen LogP contribution in [0, 0.1) is 6.92 Å². The van der Waals surface area contributed by atoms with E-state index in [0.717, 1.165) is 34.3 Å². The fraction of sp³-hybridized carbons (Fsp3) is 0.360. The predicted octanol–water partition coefficient (Wildman–Crippen LogP) is 4.17. The Kier molecular flexibility index (Phi) is 6.19. The first kappa shape index (κ1) is 21.9. The molecule has 4 rings (SSSR count). The molecule has 0 bridgehead atoms. The number of benzene rings is 2. The summed E-state index contributed by atoms with van der Waals surface area (Å²) in [6.45, 7) is 10.1. The Hall–Kier alpha value is -3.32. The first-order valence-electron chi connectivity index (χ1n) is 11.0. The fourth-order valence-electron chi connectivity index (χ4n) is 3.92. The Balaban J connectivity index is 1.68. The first-order chi connectivity index (χ1) is 15.4. The van der Waals surface area contributed by atoms with Gasteiger partial charge in [0.25, 0.3) is 5.56 Å². The molecule has 0 aliphatic carbocycles. The molecular formula is C25H30N6O. The van der Waals surface area contributed by atoms with E-state index < -0.39 is 0 Å². The molecule has 0 fully saturated rings. The summed E-state index contributed by atoms with van der Waals surface area (Å²) in [7, 11) is 0. The summed E-state index contributed by atoms with van der Waals surface area (Å²) >= 11 is 0. The van der Waals surface area contributed by atoms with Crippen molar-refractivity contribution in [3.63, 3.8) is 0 Å². The summed E-state index contributed by atoms with van der Waals surface area (Å²) in [6, 6.07) is 18.3. The highest BCUT2D eigenvalue weighted by Gasteiger charge is 2.24. The average molecular weight is 431 g/mol. The van der Waals surface area contributed by atoms with Crippen molar-refractivity contribution in [1.82, 2.24) is 30.1 Å². The highest BCUT2D eigenvalue weighted by Crippen LogP contribution is 2.21. The molecular weight excluding hydrogens is 400 g/mol. The number of fused-ring (bicyclic) bond motifs is 1. The van der Waals surface area contributed by atoms with Crippen LogP contribution in [-0.2, 0) is 25.2 Å². The maximum Gasteiger partial charge on any atom is 0.252 e. The molecule has 0 unspecified atom stereocenters. The van der Waals surface area contributed by atoms with Crippen LogP contribution in [0.2, 0.25) is 0 Å². The van der Waals surface area contributed by atoms with Gasteiger partial charge in [-0.25, -0.2) is 4.68 Å². The zero-order chi connectivity index (χ0) is 22.7. The van der Waals surface area contributed by atoms with Gasteiger partial charge in [-0.1, -0.05) is 55.5 Å². The average Bonchev–Trinajstić information content (AvgIpc) is 3.25. The van der Waals surface area contributed by atoms with Crippen molar-refractivity contribution in [2.75, 3.05) is 0 Å². The van der Waals surface area contributed by atoms with Gasteiger partial charge in [0, 0.05) is 18.7 Å². The van der Waals surface area contributed by atoms with Crippen molar-refractivity contribution in [2.45, 2.75) is 59.3 Å². The summed E-state index contributed by atoms with van der Waals surface area (Å²) < 4.78 is 1.90. The minimum absolute atomic E-state index is 0.0571. The van der Waals surface area contributed by atoms with Crippen molar-refractivity contribution < 1.29 is 0 Å². The highest BCUT2D eigenvalue weighted by atomic mass is 16.1. The van der Waals surface area contributed by atoms with E-state index in [1.54, 1.807) is 0 Å². The van der Waals surface area contributed by atoms with Gasteiger partial charge in [0.1, 0.15) is 0 Å². The van der Waals surface area contributed by atoms with Crippen LogP contribution in [0.15, 0.2) is 59.4 Å². The molecule has 4 aromatic rings. The second-order valence-electron chi connectivity index (χ2n) is 8.97. The normalized spacial score (nSPS) is 12.0. The number of H-pyrrole nitrogens is 1. The van der Waals surface area contributed by atoms with Crippen molar-refractivity contribution in [1.29, 1.82) is 0 Å². The van der Waals surface area contributed by atoms with Gasteiger partial charge in [-0.3, -0.25) is 9.69 Å². The number of aromatic amines is 1. The second kappa shape index (κ2) is 9.04. The van der Waals surface area contributed by atoms with Crippen molar-refractivity contribution in [3.05, 3.63) is 87.5 Å². The fourth-order valence-corrected chi connectivity index (χ4v) is 3.92. The van der Waals surface area contributed by atoms with E-state index in [1.807, 2.05) is 54.1 Å². The number of nitrogens with one attached hydrogen (secondary N) is 1. The Morgan fingerprint density at radius 1 is 1.03 bits per heavy atom. The van der Waals surface area contributed by atoms with E-state index in [1.165, 1.54) is 5.56 Å². The minimum atomic E-state index is -0.185. The summed E-state index contributed by atoms with van der Waals surface area (Å²) in [5.41, 5.74) is 3.62. The van der Waals surface area contributed by atoms with E-state index in [0.29, 0.717) is 19.6 Å². The van der Waals surface area contributed by atoms with E-state index >= 15 is 0 Å². The molecule has 0 aliphatic rings. The summed E-state index contributed by atoms with van der Waals surface area (Å²) in [4.78, 5) is 18.2. The van der Waals surface area contributed by atoms with Crippen LogP contribution in [0.25, 0.3) is 10.9 Å². The lowest BCUT2D eigenvalue weighted by molar-refractivity contribution is 0.217. The lowest BCUT2D eigenvalue weighted by Crippen LogP contribution is -2.32. The molecule has 0 saturated carbocycles. The number of hydrogen-bond donors (Lipinski definition) is 1. The third kappa shape index (κ3) is 4.62. The van der Waals surface area contributed by atoms with Crippen LogP contribution in [0.4, 0.5) is 0 Å². The van der Waals surface area contributed by atoms with Gasteiger partial charge in [-0.2, -0.15) is 0 Å². The van der Waals surface area contributed by atoms with Gasteiger partial charge in [0.15, 0.2) is 5.82 Å². The molecule has 7 heteroatoms. The Morgan fingerprint density at radius 2 is 1.81 bits per heavy atom. The van der Waals surface area contributed by atoms with Gasteiger partial charge < -0.3 is 4.98 Å². The third-order valence-corrected chi connectivity index (χ3v) is 6.15. The molecule has 0 atom stereocenters. The monoisotopic (exact) mass is 430 g/mol. The van der Waals surface area contributed by atoms with Crippen molar-refractivity contribution in [2.24, 2.45) is 0 Å². The maximum atomic E-state index is 12.9. The number of para-hydroxylation sites is 1. The van der Waals surface area contributed by atoms with Crippen LogP contribution >= 0.6 is 0 Å². The highest BCUT2D eigenvalue weighted by molar-refractivity contribution is 5.81. The predicted molar refractivity (Wildman–Crippen MR) is 126 cm³/mol. The lowest BCUT2D eigenvalue weighted by atomic mass is 10.0. The van der Waals surface area contributed by atoms with Crippen LogP contribution in [0.1, 0.15) is 49.7 Å². The molecule has 2 aromatic heterocycles. The zero-order valence-electron chi connectivity index (χ0n) is 19.2. The SMILES string of the molecule is CCC(C)(C)n1nnnc1CN(Cc1ccccc1)Cc1cc2cccc(C)c2[nH]c1=O. The molecule has 7 nitrogen and oxygen atoms in total. The Bertz CT molecular complexity index is 1260. The molecule has 0 radical (unpaired) electrons. The zero-order valence-corrected chi connectivity index (χ0v) is 19.2. The number of aromatic nitrogens is 5. The largest absolute Gasteiger partial charge is 0.321 e. The summed E-state index contributed by atoms with van der Waals surface area (Å²) in [5.74, 6) is 0.792. The van der Waals surface area contributed by atoms with Crippen molar-refractivity contribution >= 4 is 10.9 Å². The molecule has 166 valence electrons. The van der Waals surface area contributed by atoms with Gasteiger partial charge >= 0.3 is 0 Å². The smallest absolute Gasteiger partial charge is 0.252 e. The lowest BCUT2D eigenvalue weighted by Gasteiger charge is -2.27. The second-order valence-corrected chi connectivity index (χ2v) is 8.97. The van der Waals surface area contributed by atoms with Gasteiger partial charge in [-0.05, 0) is 60.2 Å². The number of rotatable bonds is 8. The molecule has 0 spiro atoms. The van der Waals surface area contributed by atoms with Gasteiger partial charge in [0.2, 0.25) is 0 Å². The number of hydrogen-bond acceptors (Lipinski definition) is 5. The van der Waals surface area contributed by atoms with Crippen LogP contribution < -0.4 is 5.56 Å². The summed E-state index contributed by atoms with van der Waals surface area (Å²) in [5, 5.41) is 13.5. The molecule has 0 amide bonds. The number of pyridine rings is 1. The Labute approximate surface area is 188 Å². The molecule has 0 saturated heterocycles. The van der Waals surface area contributed by atoms with Crippen molar-refractivity contribution in [3.8, 4) is 0 Å². The van der Waals surface area contributed by atoms with Crippen LogP contribution in [0.3, 0.4) is 0 Å². The number of tetrazole rings is 1. The summed E-state index contributed by atoms with van der Waals surface area (Å²) in [6.07, 6.45) is 0.910. The van der Waals surface area contributed by atoms with Crippen LogP contribution in [0.5, 0.6) is 0 Å². The van der Waals surface area contributed by atoms with E-state index in [4.69, 9.17) is 0 Å².